The number of ether oxygens (including phenoxy) is 1. The van der Waals surface area contributed by atoms with Crippen LogP contribution in [0.3, 0.4) is 0 Å². The first-order valence-electron chi connectivity index (χ1n) is 10.0. The Morgan fingerprint density at radius 3 is 2.70 bits per heavy atom. The van der Waals surface area contributed by atoms with Crippen LogP contribution in [0.1, 0.15) is 34.8 Å². The average molecular weight is 406 g/mol. The third-order valence-corrected chi connectivity index (χ3v) is 5.00. The lowest BCUT2D eigenvalue weighted by Crippen LogP contribution is -2.38. The number of morpholine rings is 1. The van der Waals surface area contributed by atoms with Crippen LogP contribution in [0.25, 0.3) is 0 Å². The van der Waals surface area contributed by atoms with E-state index < -0.39 is 0 Å². The van der Waals surface area contributed by atoms with E-state index in [0.29, 0.717) is 29.8 Å². The van der Waals surface area contributed by atoms with Crippen LogP contribution >= 0.6 is 0 Å². The van der Waals surface area contributed by atoms with Gasteiger partial charge in [-0.2, -0.15) is 5.26 Å². The molecule has 1 aliphatic heterocycles. The molecule has 1 heterocycles. The van der Waals surface area contributed by atoms with Crippen LogP contribution in [0.2, 0.25) is 0 Å². The molecule has 30 heavy (non-hydrogen) atoms. The molecule has 0 saturated carbocycles. The number of nitriles is 1. The van der Waals surface area contributed by atoms with Crippen LogP contribution in [0, 0.1) is 11.3 Å². The average Bonchev–Trinajstić information content (AvgIpc) is 2.77. The van der Waals surface area contributed by atoms with Crippen LogP contribution in [0.15, 0.2) is 42.5 Å². The lowest BCUT2D eigenvalue weighted by Gasteiger charge is -2.26. The summed E-state index contributed by atoms with van der Waals surface area (Å²) in [7, 11) is 0. The highest BCUT2D eigenvalue weighted by atomic mass is 16.5. The van der Waals surface area contributed by atoms with E-state index in [1.165, 1.54) is 6.92 Å². The number of ketones is 1. The fourth-order valence-corrected chi connectivity index (χ4v) is 3.27. The van der Waals surface area contributed by atoms with Gasteiger partial charge < -0.3 is 15.4 Å². The first-order chi connectivity index (χ1) is 14.5. The maximum atomic E-state index is 12.3. The summed E-state index contributed by atoms with van der Waals surface area (Å²) in [5.74, 6) is -0.0724. The molecule has 7 heteroatoms. The van der Waals surface area contributed by atoms with Crippen molar-refractivity contribution in [2.75, 3.05) is 43.5 Å². The van der Waals surface area contributed by atoms with E-state index in [-0.39, 0.29) is 11.7 Å². The Morgan fingerprint density at radius 2 is 1.97 bits per heavy atom. The predicted octanol–water partition coefficient (Wildman–Crippen LogP) is 3.03. The Hall–Kier alpha value is -3.21. The minimum atomic E-state index is -0.0515. The van der Waals surface area contributed by atoms with E-state index in [0.717, 1.165) is 44.1 Å². The molecule has 1 saturated heterocycles. The largest absolute Gasteiger partial charge is 0.380 e. The van der Waals surface area contributed by atoms with Gasteiger partial charge in [-0.15, -0.1) is 0 Å². The minimum absolute atomic E-state index is 0.0208. The van der Waals surface area contributed by atoms with Crippen LogP contribution in [0.4, 0.5) is 11.4 Å². The van der Waals surface area contributed by atoms with Crippen molar-refractivity contribution < 1.29 is 14.3 Å². The molecule has 7 nitrogen and oxygen atoms in total. The number of carbonyl (C=O) groups is 2. The van der Waals surface area contributed by atoms with Crippen molar-refractivity contribution in [2.24, 2.45) is 0 Å². The van der Waals surface area contributed by atoms with Crippen LogP contribution in [-0.4, -0.2) is 49.4 Å². The van der Waals surface area contributed by atoms with Gasteiger partial charge in [-0.3, -0.25) is 14.5 Å². The number of rotatable bonds is 8. The number of benzene rings is 2. The summed E-state index contributed by atoms with van der Waals surface area (Å²) in [5, 5.41) is 15.5. The number of anilines is 2. The molecule has 2 aromatic rings. The van der Waals surface area contributed by atoms with Crippen molar-refractivity contribution in [3.8, 4) is 6.07 Å². The monoisotopic (exact) mass is 406 g/mol. The zero-order valence-corrected chi connectivity index (χ0v) is 17.1. The van der Waals surface area contributed by atoms with Crippen LogP contribution < -0.4 is 10.6 Å². The molecule has 0 bridgehead atoms. The van der Waals surface area contributed by atoms with Crippen LogP contribution in [0.5, 0.6) is 0 Å². The van der Waals surface area contributed by atoms with Crippen molar-refractivity contribution in [1.29, 1.82) is 5.26 Å². The number of nitrogens with one attached hydrogen (secondary N) is 2. The van der Waals surface area contributed by atoms with Gasteiger partial charge >= 0.3 is 0 Å². The topological polar surface area (TPSA) is 94.5 Å². The highest BCUT2D eigenvalue weighted by Crippen LogP contribution is 2.19. The Labute approximate surface area is 176 Å². The normalized spacial score (nSPS) is 14.0. The highest BCUT2D eigenvalue weighted by molar-refractivity contribution is 5.95. The Balaban J connectivity index is 1.56. The third-order valence-electron chi connectivity index (χ3n) is 5.00. The van der Waals surface area contributed by atoms with E-state index in [1.807, 2.05) is 24.3 Å². The Morgan fingerprint density at radius 1 is 1.17 bits per heavy atom. The van der Waals surface area contributed by atoms with Gasteiger partial charge in [0, 0.05) is 43.9 Å². The molecule has 1 amide bonds. The summed E-state index contributed by atoms with van der Waals surface area (Å²) < 4.78 is 5.32. The summed E-state index contributed by atoms with van der Waals surface area (Å²) in [5.41, 5.74) is 3.34. The summed E-state index contributed by atoms with van der Waals surface area (Å²) in [6.07, 6.45) is 0.436. The fourth-order valence-electron chi connectivity index (χ4n) is 3.27. The number of nitrogens with zero attached hydrogens (tertiary/aromatic N) is 2. The summed E-state index contributed by atoms with van der Waals surface area (Å²) in [6, 6.07) is 14.7. The maximum absolute atomic E-state index is 12.3. The number of hydrogen-bond acceptors (Lipinski definition) is 6. The van der Waals surface area contributed by atoms with Crippen LogP contribution in [-0.2, 0) is 16.1 Å². The first kappa shape index (κ1) is 21.5. The number of amides is 1. The van der Waals surface area contributed by atoms with Gasteiger partial charge in [0.2, 0.25) is 5.91 Å². The Bertz CT molecular complexity index is 946. The zero-order valence-electron chi connectivity index (χ0n) is 17.1. The van der Waals surface area contributed by atoms with Gasteiger partial charge in [-0.05, 0) is 42.8 Å². The quantitative estimate of drug-likeness (QED) is 0.655. The van der Waals surface area contributed by atoms with Crippen molar-refractivity contribution in [3.63, 3.8) is 0 Å². The predicted molar refractivity (Wildman–Crippen MR) is 115 cm³/mol. The molecule has 156 valence electrons. The maximum Gasteiger partial charge on any atom is 0.225 e. The molecule has 0 aromatic heterocycles. The van der Waals surface area contributed by atoms with Gasteiger partial charge in [-0.25, -0.2) is 0 Å². The van der Waals surface area contributed by atoms with Crippen molar-refractivity contribution in [3.05, 3.63) is 59.2 Å². The molecule has 1 aliphatic rings. The number of hydrogen-bond donors (Lipinski definition) is 2. The molecular formula is C23H26N4O3. The smallest absolute Gasteiger partial charge is 0.225 e. The molecule has 0 spiro atoms. The molecule has 1 fully saturated rings. The lowest BCUT2D eigenvalue weighted by molar-refractivity contribution is -0.116. The molecule has 0 aliphatic carbocycles. The minimum Gasteiger partial charge on any atom is -0.380 e. The molecule has 0 atom stereocenters. The Kier molecular flexibility index (Phi) is 7.55. The molecule has 2 aromatic carbocycles. The van der Waals surface area contributed by atoms with Crippen molar-refractivity contribution >= 4 is 23.1 Å². The first-order valence-corrected chi connectivity index (χ1v) is 10.0. The number of carbonyl (C=O) groups excluding carboxylic acids is 2. The van der Waals surface area contributed by atoms with E-state index >= 15 is 0 Å². The number of Topliss-reactive ketones (excluding diaryl/α,β-unsaturated/α-hetero) is 1. The zero-order chi connectivity index (χ0) is 21.3. The molecule has 0 unspecified atom stereocenters. The summed E-state index contributed by atoms with van der Waals surface area (Å²) in [6.45, 7) is 5.86. The second-order valence-corrected chi connectivity index (χ2v) is 7.23. The molecule has 2 N–H and O–H groups in total. The van der Waals surface area contributed by atoms with Crippen molar-refractivity contribution in [2.45, 2.75) is 19.9 Å². The SMILES string of the molecule is CC(=O)c1ccc(C#N)c(NCc2cccc(NC(=O)CCN3CCOCC3)c2)c1. The highest BCUT2D eigenvalue weighted by Gasteiger charge is 2.12. The van der Waals surface area contributed by atoms with Gasteiger partial charge in [0.05, 0.1) is 24.5 Å². The van der Waals surface area contributed by atoms with Gasteiger partial charge in [0.1, 0.15) is 6.07 Å². The van der Waals surface area contributed by atoms with Gasteiger partial charge in [-0.1, -0.05) is 12.1 Å². The molecule has 3 rings (SSSR count). The van der Waals surface area contributed by atoms with E-state index in [9.17, 15) is 14.9 Å². The van der Waals surface area contributed by atoms with Crippen molar-refractivity contribution in [1.82, 2.24) is 4.90 Å². The summed E-state index contributed by atoms with van der Waals surface area (Å²) in [4.78, 5) is 26.1. The third kappa shape index (κ3) is 6.14. The van der Waals surface area contributed by atoms with E-state index in [2.05, 4.69) is 21.6 Å². The van der Waals surface area contributed by atoms with Gasteiger partial charge in [0.25, 0.3) is 0 Å². The fraction of sp³-hybridized carbons (Fsp3) is 0.348. The van der Waals surface area contributed by atoms with E-state index in [4.69, 9.17) is 4.74 Å². The second-order valence-electron chi connectivity index (χ2n) is 7.23. The lowest BCUT2D eigenvalue weighted by atomic mass is 10.1. The summed E-state index contributed by atoms with van der Waals surface area (Å²) >= 11 is 0. The van der Waals surface area contributed by atoms with Gasteiger partial charge in [0.15, 0.2) is 5.78 Å². The standard InChI is InChI=1S/C23H26N4O3/c1-17(28)19-5-6-20(15-24)22(14-19)25-16-18-3-2-4-21(13-18)26-23(29)7-8-27-9-11-30-12-10-27/h2-6,13-14,25H,7-12,16H2,1H3,(H,26,29). The molecule has 0 radical (unpaired) electrons. The van der Waals surface area contributed by atoms with E-state index in [1.54, 1.807) is 18.2 Å². The second kappa shape index (κ2) is 10.5. The molecular weight excluding hydrogens is 380 g/mol.